The molecule has 0 saturated heterocycles. The van der Waals surface area contributed by atoms with Gasteiger partial charge in [-0.1, -0.05) is 42.0 Å². The Hall–Kier alpha value is -2.77. The molecule has 1 unspecified atom stereocenters. The Bertz CT molecular complexity index is 1190. The van der Waals surface area contributed by atoms with Crippen LogP contribution in [0.15, 0.2) is 59.5 Å². The molecule has 1 heterocycles. The molecule has 150 valence electrons. The summed E-state index contributed by atoms with van der Waals surface area (Å²) >= 11 is 0. The lowest BCUT2D eigenvalue weighted by atomic mass is 9.98. The van der Waals surface area contributed by atoms with E-state index in [4.69, 9.17) is 4.74 Å². The second-order valence-corrected chi connectivity index (χ2v) is 8.54. The minimum atomic E-state index is -3.95. The standard InChI is InChI=1S/C22H18F2O4S/c1-13-9-10-20(29(25,26)27-2)16(11-13)19-12-14-5-3-6-15(22(14)28-19)21-17(23)7-4-8-18(21)24/h3-11,19H,12H2,1-2H3. The number of benzene rings is 3. The van der Waals surface area contributed by atoms with Crippen molar-refractivity contribution < 1.29 is 26.1 Å². The Balaban J connectivity index is 1.82. The summed E-state index contributed by atoms with van der Waals surface area (Å²) in [6, 6.07) is 13.7. The van der Waals surface area contributed by atoms with E-state index in [1.54, 1.807) is 30.3 Å². The third kappa shape index (κ3) is 3.41. The van der Waals surface area contributed by atoms with Crippen molar-refractivity contribution in [3.8, 4) is 16.9 Å². The van der Waals surface area contributed by atoms with E-state index in [-0.39, 0.29) is 10.5 Å². The predicted octanol–water partition coefficient (Wildman–Crippen LogP) is 4.95. The highest BCUT2D eigenvalue weighted by atomic mass is 32.2. The molecule has 3 aromatic carbocycles. The van der Waals surface area contributed by atoms with E-state index >= 15 is 0 Å². The Morgan fingerprint density at radius 3 is 2.41 bits per heavy atom. The molecular formula is C22H18F2O4S. The highest BCUT2D eigenvalue weighted by Crippen LogP contribution is 2.45. The summed E-state index contributed by atoms with van der Waals surface area (Å²) in [5, 5.41) is 0. The van der Waals surface area contributed by atoms with Gasteiger partial charge in [0.25, 0.3) is 10.1 Å². The molecule has 29 heavy (non-hydrogen) atoms. The molecule has 0 N–H and O–H groups in total. The Morgan fingerprint density at radius 2 is 1.72 bits per heavy atom. The molecule has 0 spiro atoms. The first-order chi connectivity index (χ1) is 13.8. The number of ether oxygens (including phenoxy) is 1. The Morgan fingerprint density at radius 1 is 1.03 bits per heavy atom. The van der Waals surface area contributed by atoms with Gasteiger partial charge in [0.05, 0.1) is 12.7 Å². The topological polar surface area (TPSA) is 52.6 Å². The molecule has 3 aromatic rings. The molecule has 1 aliphatic heterocycles. The van der Waals surface area contributed by atoms with Crippen molar-refractivity contribution >= 4 is 10.1 Å². The fraction of sp³-hybridized carbons (Fsp3) is 0.182. The SMILES string of the molecule is COS(=O)(=O)c1ccc(C)cc1C1Cc2cccc(-c3c(F)cccc3F)c2O1. The van der Waals surface area contributed by atoms with Gasteiger partial charge in [-0.3, -0.25) is 4.18 Å². The minimum Gasteiger partial charge on any atom is -0.484 e. The van der Waals surface area contributed by atoms with Crippen LogP contribution in [0.4, 0.5) is 8.78 Å². The average Bonchev–Trinajstić information content (AvgIpc) is 3.12. The van der Waals surface area contributed by atoms with E-state index < -0.39 is 27.9 Å². The van der Waals surface area contributed by atoms with Gasteiger partial charge in [-0.05, 0) is 30.7 Å². The summed E-state index contributed by atoms with van der Waals surface area (Å²) in [4.78, 5) is 0.0158. The lowest BCUT2D eigenvalue weighted by Crippen LogP contribution is -2.12. The van der Waals surface area contributed by atoms with Gasteiger partial charge >= 0.3 is 0 Å². The van der Waals surface area contributed by atoms with Crippen LogP contribution in [-0.4, -0.2) is 15.5 Å². The van der Waals surface area contributed by atoms with Gasteiger partial charge in [0.2, 0.25) is 0 Å². The van der Waals surface area contributed by atoms with E-state index in [1.807, 2.05) is 6.92 Å². The minimum absolute atomic E-state index is 0.0158. The van der Waals surface area contributed by atoms with Crippen LogP contribution in [0.3, 0.4) is 0 Å². The van der Waals surface area contributed by atoms with E-state index in [0.29, 0.717) is 23.3 Å². The van der Waals surface area contributed by atoms with Crippen molar-refractivity contribution in [2.24, 2.45) is 0 Å². The summed E-state index contributed by atoms with van der Waals surface area (Å²) < 4.78 is 64.2. The predicted molar refractivity (Wildman–Crippen MR) is 104 cm³/mol. The lowest BCUT2D eigenvalue weighted by molar-refractivity contribution is 0.235. The fourth-order valence-electron chi connectivity index (χ4n) is 3.63. The van der Waals surface area contributed by atoms with Crippen LogP contribution in [0, 0.1) is 18.6 Å². The summed E-state index contributed by atoms with van der Waals surface area (Å²) in [6.45, 7) is 1.84. The third-order valence-electron chi connectivity index (χ3n) is 5.00. The first kappa shape index (κ1) is 19.5. The number of hydrogen-bond donors (Lipinski definition) is 0. The Kier molecular flexibility index (Phi) is 4.88. The largest absolute Gasteiger partial charge is 0.484 e. The first-order valence-electron chi connectivity index (χ1n) is 8.96. The smallest absolute Gasteiger partial charge is 0.297 e. The monoisotopic (exact) mass is 416 g/mol. The maximum Gasteiger partial charge on any atom is 0.297 e. The average molecular weight is 416 g/mol. The molecule has 0 aliphatic carbocycles. The van der Waals surface area contributed by atoms with Crippen molar-refractivity contribution in [2.45, 2.75) is 24.3 Å². The Labute approximate surface area is 167 Å². The molecule has 1 atom stereocenters. The highest BCUT2D eigenvalue weighted by molar-refractivity contribution is 7.86. The zero-order chi connectivity index (χ0) is 20.8. The molecule has 0 fully saturated rings. The normalized spacial score (nSPS) is 15.8. The van der Waals surface area contributed by atoms with Gasteiger partial charge in [-0.25, -0.2) is 8.78 Å². The van der Waals surface area contributed by atoms with Crippen LogP contribution in [-0.2, 0) is 20.7 Å². The number of fused-ring (bicyclic) bond motifs is 1. The number of rotatable bonds is 4. The zero-order valence-corrected chi connectivity index (χ0v) is 16.6. The fourth-order valence-corrected chi connectivity index (χ4v) is 4.52. The molecule has 0 radical (unpaired) electrons. The quantitative estimate of drug-likeness (QED) is 0.565. The molecule has 7 heteroatoms. The molecule has 0 amide bonds. The molecule has 4 rings (SSSR count). The summed E-state index contributed by atoms with van der Waals surface area (Å²) in [5.74, 6) is -1.03. The zero-order valence-electron chi connectivity index (χ0n) is 15.8. The van der Waals surface area contributed by atoms with Gasteiger partial charge < -0.3 is 4.74 Å². The van der Waals surface area contributed by atoms with E-state index in [0.717, 1.165) is 18.2 Å². The molecule has 1 aliphatic rings. The molecule has 0 aromatic heterocycles. The van der Waals surface area contributed by atoms with Gasteiger partial charge in [-0.2, -0.15) is 8.42 Å². The number of hydrogen-bond acceptors (Lipinski definition) is 4. The number of halogens is 2. The summed E-state index contributed by atoms with van der Waals surface area (Å²) in [6.07, 6.45) is -0.254. The molecular weight excluding hydrogens is 398 g/mol. The van der Waals surface area contributed by atoms with Crippen molar-refractivity contribution in [1.82, 2.24) is 0 Å². The van der Waals surface area contributed by atoms with Crippen molar-refractivity contribution in [2.75, 3.05) is 7.11 Å². The number of aryl methyl sites for hydroxylation is 1. The number of para-hydroxylation sites is 1. The third-order valence-corrected chi connectivity index (χ3v) is 6.34. The van der Waals surface area contributed by atoms with Crippen LogP contribution < -0.4 is 4.74 Å². The van der Waals surface area contributed by atoms with Gasteiger partial charge in [-0.15, -0.1) is 0 Å². The van der Waals surface area contributed by atoms with Crippen LogP contribution in [0.2, 0.25) is 0 Å². The van der Waals surface area contributed by atoms with Crippen LogP contribution in [0.5, 0.6) is 5.75 Å². The van der Waals surface area contributed by atoms with Gasteiger partial charge in [0.1, 0.15) is 28.4 Å². The van der Waals surface area contributed by atoms with Crippen molar-refractivity contribution in [1.29, 1.82) is 0 Å². The van der Waals surface area contributed by atoms with E-state index in [2.05, 4.69) is 4.18 Å². The van der Waals surface area contributed by atoms with Crippen LogP contribution in [0.25, 0.3) is 11.1 Å². The summed E-state index contributed by atoms with van der Waals surface area (Å²) in [5.41, 5.74) is 2.18. The van der Waals surface area contributed by atoms with Crippen molar-refractivity contribution in [3.05, 3.63) is 82.9 Å². The second-order valence-electron chi connectivity index (χ2n) is 6.86. The highest BCUT2D eigenvalue weighted by Gasteiger charge is 2.32. The lowest BCUT2D eigenvalue weighted by Gasteiger charge is -2.17. The van der Waals surface area contributed by atoms with E-state index in [1.165, 1.54) is 24.3 Å². The van der Waals surface area contributed by atoms with Crippen LogP contribution >= 0.6 is 0 Å². The molecule has 0 saturated carbocycles. The summed E-state index contributed by atoms with van der Waals surface area (Å²) in [7, 11) is -2.85. The second kappa shape index (κ2) is 7.24. The molecule has 4 nitrogen and oxygen atoms in total. The maximum absolute atomic E-state index is 14.4. The van der Waals surface area contributed by atoms with Crippen LogP contribution in [0.1, 0.15) is 22.8 Å². The van der Waals surface area contributed by atoms with Crippen molar-refractivity contribution in [3.63, 3.8) is 0 Å². The maximum atomic E-state index is 14.4. The van der Waals surface area contributed by atoms with E-state index in [9.17, 15) is 17.2 Å². The van der Waals surface area contributed by atoms with Gasteiger partial charge in [0, 0.05) is 17.5 Å². The first-order valence-corrected chi connectivity index (χ1v) is 10.4. The van der Waals surface area contributed by atoms with Gasteiger partial charge in [0.15, 0.2) is 0 Å². The molecule has 0 bridgehead atoms.